The van der Waals surface area contributed by atoms with Gasteiger partial charge in [-0.25, -0.2) is 0 Å². The Labute approximate surface area is 101 Å². The maximum Gasteiger partial charge on any atom is 0.165 e. The number of carbonyl (C=O) groups excluding carboxylic acids is 1. The molecule has 0 bridgehead atoms. The van der Waals surface area contributed by atoms with Gasteiger partial charge in [0.1, 0.15) is 0 Å². The zero-order valence-electron chi connectivity index (χ0n) is 10.1. The van der Waals surface area contributed by atoms with E-state index in [2.05, 4.69) is 4.98 Å². The van der Waals surface area contributed by atoms with Crippen molar-refractivity contribution in [3.8, 4) is 11.1 Å². The normalized spacial score (nSPS) is 10.5. The Kier molecular flexibility index (Phi) is 3.33. The number of nitrogens with zero attached hydrogens (tertiary/aromatic N) is 1. The van der Waals surface area contributed by atoms with Gasteiger partial charge in [-0.1, -0.05) is 32.0 Å². The molecule has 0 spiro atoms. The van der Waals surface area contributed by atoms with Gasteiger partial charge in [-0.2, -0.15) is 0 Å². The van der Waals surface area contributed by atoms with Gasteiger partial charge >= 0.3 is 0 Å². The SMILES string of the molecule is CC(C)C(=O)c1cccc(-c2ccncc2)c1. The molecule has 0 radical (unpaired) electrons. The second-order valence-corrected chi connectivity index (χ2v) is 4.34. The van der Waals surface area contributed by atoms with Crippen molar-refractivity contribution >= 4 is 5.78 Å². The molecule has 2 heteroatoms. The van der Waals surface area contributed by atoms with E-state index < -0.39 is 0 Å². The predicted molar refractivity (Wildman–Crippen MR) is 68.8 cm³/mol. The Balaban J connectivity index is 2.39. The standard InChI is InChI=1S/C15H15NO/c1-11(2)15(17)14-5-3-4-13(10-14)12-6-8-16-9-7-12/h3-11H,1-2H3. The molecule has 2 nitrogen and oxygen atoms in total. The van der Waals surface area contributed by atoms with Gasteiger partial charge in [0.15, 0.2) is 5.78 Å². The summed E-state index contributed by atoms with van der Waals surface area (Å²) in [5, 5.41) is 0. The minimum absolute atomic E-state index is 0.0303. The van der Waals surface area contributed by atoms with Crippen LogP contribution in [0.5, 0.6) is 0 Å². The maximum absolute atomic E-state index is 11.9. The number of ketones is 1. The fraction of sp³-hybridized carbons (Fsp3) is 0.200. The molecule has 2 aromatic rings. The number of benzene rings is 1. The number of hydrogen-bond acceptors (Lipinski definition) is 2. The van der Waals surface area contributed by atoms with Crippen LogP contribution in [-0.2, 0) is 0 Å². The second kappa shape index (κ2) is 4.91. The van der Waals surface area contributed by atoms with Gasteiger partial charge in [-0.15, -0.1) is 0 Å². The topological polar surface area (TPSA) is 30.0 Å². The Bertz CT molecular complexity index is 517. The number of aromatic nitrogens is 1. The fourth-order valence-electron chi connectivity index (χ4n) is 1.73. The van der Waals surface area contributed by atoms with E-state index in [1.165, 1.54) is 0 Å². The van der Waals surface area contributed by atoms with Gasteiger partial charge in [-0.05, 0) is 29.3 Å². The summed E-state index contributed by atoms with van der Waals surface area (Å²) in [7, 11) is 0. The highest BCUT2D eigenvalue weighted by Gasteiger charge is 2.10. The monoisotopic (exact) mass is 225 g/mol. The van der Waals surface area contributed by atoms with Crippen molar-refractivity contribution in [2.75, 3.05) is 0 Å². The zero-order chi connectivity index (χ0) is 12.3. The molecule has 1 aromatic carbocycles. The van der Waals surface area contributed by atoms with Crippen LogP contribution in [0.2, 0.25) is 0 Å². The van der Waals surface area contributed by atoms with Crippen molar-refractivity contribution in [3.05, 3.63) is 54.4 Å². The molecule has 0 saturated carbocycles. The summed E-state index contributed by atoms with van der Waals surface area (Å²) in [5.41, 5.74) is 2.91. The maximum atomic E-state index is 11.9. The van der Waals surface area contributed by atoms with Crippen molar-refractivity contribution in [3.63, 3.8) is 0 Å². The first kappa shape index (κ1) is 11.5. The summed E-state index contributed by atoms with van der Waals surface area (Å²) in [6, 6.07) is 11.6. The molecule has 0 aliphatic rings. The Morgan fingerprint density at radius 1 is 1.06 bits per heavy atom. The summed E-state index contributed by atoms with van der Waals surface area (Å²) in [6.45, 7) is 3.84. The summed E-state index contributed by atoms with van der Waals surface area (Å²) in [6.07, 6.45) is 3.51. The molecule has 0 aliphatic heterocycles. The van der Waals surface area contributed by atoms with Crippen LogP contribution in [0.4, 0.5) is 0 Å². The van der Waals surface area contributed by atoms with Crippen LogP contribution in [0.1, 0.15) is 24.2 Å². The van der Waals surface area contributed by atoms with Gasteiger partial charge in [0.2, 0.25) is 0 Å². The third-order valence-electron chi connectivity index (χ3n) is 2.69. The second-order valence-electron chi connectivity index (χ2n) is 4.34. The van der Waals surface area contributed by atoms with E-state index in [1.807, 2.05) is 50.2 Å². The summed E-state index contributed by atoms with van der Waals surface area (Å²) in [4.78, 5) is 15.9. The van der Waals surface area contributed by atoms with Crippen LogP contribution in [0.25, 0.3) is 11.1 Å². The molecule has 1 aromatic heterocycles. The van der Waals surface area contributed by atoms with Crippen LogP contribution in [0.15, 0.2) is 48.8 Å². The molecule has 17 heavy (non-hydrogen) atoms. The quantitative estimate of drug-likeness (QED) is 0.747. The zero-order valence-corrected chi connectivity index (χ0v) is 10.1. The van der Waals surface area contributed by atoms with E-state index in [0.717, 1.165) is 16.7 Å². The van der Waals surface area contributed by atoms with Crippen LogP contribution in [0.3, 0.4) is 0 Å². The minimum Gasteiger partial charge on any atom is -0.294 e. The number of Topliss-reactive ketones (excluding diaryl/α,β-unsaturated/α-hetero) is 1. The summed E-state index contributed by atoms with van der Waals surface area (Å²) in [5.74, 6) is 0.212. The van der Waals surface area contributed by atoms with Crippen molar-refractivity contribution in [2.45, 2.75) is 13.8 Å². The fourth-order valence-corrected chi connectivity index (χ4v) is 1.73. The summed E-state index contributed by atoms with van der Waals surface area (Å²) < 4.78 is 0. The van der Waals surface area contributed by atoms with Crippen LogP contribution < -0.4 is 0 Å². The van der Waals surface area contributed by atoms with Gasteiger partial charge < -0.3 is 0 Å². The lowest BCUT2D eigenvalue weighted by atomic mass is 9.97. The molecule has 0 fully saturated rings. The van der Waals surface area contributed by atoms with E-state index in [-0.39, 0.29) is 11.7 Å². The lowest BCUT2D eigenvalue weighted by molar-refractivity contribution is 0.0939. The first-order chi connectivity index (χ1) is 8.18. The van der Waals surface area contributed by atoms with Crippen molar-refractivity contribution in [2.24, 2.45) is 5.92 Å². The molecule has 2 rings (SSSR count). The average molecular weight is 225 g/mol. The Morgan fingerprint density at radius 3 is 2.41 bits per heavy atom. The van der Waals surface area contributed by atoms with Gasteiger partial charge in [-0.3, -0.25) is 9.78 Å². The molecular weight excluding hydrogens is 210 g/mol. The molecule has 0 amide bonds. The van der Waals surface area contributed by atoms with Crippen LogP contribution >= 0.6 is 0 Å². The molecule has 0 saturated heterocycles. The predicted octanol–water partition coefficient (Wildman–Crippen LogP) is 3.59. The highest BCUT2D eigenvalue weighted by molar-refractivity contribution is 5.98. The first-order valence-electron chi connectivity index (χ1n) is 5.73. The van der Waals surface area contributed by atoms with E-state index in [0.29, 0.717) is 0 Å². The van der Waals surface area contributed by atoms with Crippen molar-refractivity contribution < 1.29 is 4.79 Å². The van der Waals surface area contributed by atoms with Crippen molar-refractivity contribution in [1.82, 2.24) is 4.98 Å². The lowest BCUT2D eigenvalue weighted by Crippen LogP contribution is -2.07. The minimum atomic E-state index is 0.0303. The number of hydrogen-bond donors (Lipinski definition) is 0. The highest BCUT2D eigenvalue weighted by atomic mass is 16.1. The molecular formula is C15H15NO. The third kappa shape index (κ3) is 2.59. The average Bonchev–Trinajstić information content (AvgIpc) is 2.39. The van der Waals surface area contributed by atoms with Gasteiger partial charge in [0.25, 0.3) is 0 Å². The van der Waals surface area contributed by atoms with Crippen molar-refractivity contribution in [1.29, 1.82) is 0 Å². The Hall–Kier alpha value is -1.96. The van der Waals surface area contributed by atoms with Crippen LogP contribution in [-0.4, -0.2) is 10.8 Å². The molecule has 0 aliphatic carbocycles. The third-order valence-corrected chi connectivity index (χ3v) is 2.69. The van der Waals surface area contributed by atoms with E-state index in [1.54, 1.807) is 12.4 Å². The molecule has 0 N–H and O–H groups in total. The van der Waals surface area contributed by atoms with Crippen LogP contribution in [0, 0.1) is 5.92 Å². The van der Waals surface area contributed by atoms with Gasteiger partial charge in [0.05, 0.1) is 0 Å². The molecule has 86 valence electrons. The molecule has 0 atom stereocenters. The number of carbonyl (C=O) groups is 1. The largest absolute Gasteiger partial charge is 0.294 e. The summed E-state index contributed by atoms with van der Waals surface area (Å²) >= 11 is 0. The molecule has 0 unspecified atom stereocenters. The lowest BCUT2D eigenvalue weighted by Gasteiger charge is -2.06. The van der Waals surface area contributed by atoms with E-state index >= 15 is 0 Å². The molecule has 1 heterocycles. The van der Waals surface area contributed by atoms with Gasteiger partial charge in [0, 0.05) is 23.9 Å². The van der Waals surface area contributed by atoms with E-state index in [9.17, 15) is 4.79 Å². The smallest absolute Gasteiger partial charge is 0.165 e. The number of rotatable bonds is 3. The van der Waals surface area contributed by atoms with E-state index in [4.69, 9.17) is 0 Å². The number of pyridine rings is 1. The first-order valence-corrected chi connectivity index (χ1v) is 5.73. The highest BCUT2D eigenvalue weighted by Crippen LogP contribution is 2.20. The Morgan fingerprint density at radius 2 is 1.76 bits per heavy atom.